The van der Waals surface area contributed by atoms with Gasteiger partial charge in [-0.15, -0.1) is 0 Å². The van der Waals surface area contributed by atoms with E-state index >= 15 is 0 Å². The average molecular weight is 402 g/mol. The summed E-state index contributed by atoms with van der Waals surface area (Å²) in [5.41, 5.74) is 1.76. The Hall–Kier alpha value is -2.58. The lowest BCUT2D eigenvalue weighted by Crippen LogP contribution is -2.51. The first-order valence-corrected chi connectivity index (χ1v) is 10.1. The number of urea groups is 1. The third-order valence-corrected chi connectivity index (χ3v) is 5.16. The summed E-state index contributed by atoms with van der Waals surface area (Å²) in [6.07, 6.45) is 0. The molecule has 158 valence electrons. The first-order chi connectivity index (χ1) is 14.0. The van der Waals surface area contributed by atoms with Gasteiger partial charge in [0.1, 0.15) is 5.75 Å². The van der Waals surface area contributed by atoms with Crippen LogP contribution >= 0.6 is 0 Å². The number of ether oxygens (including phenoxy) is 2. The molecule has 1 fully saturated rings. The van der Waals surface area contributed by atoms with E-state index in [1.165, 1.54) is 0 Å². The molecule has 0 saturated carbocycles. The lowest BCUT2D eigenvalue weighted by atomic mass is 9.94. The van der Waals surface area contributed by atoms with Gasteiger partial charge in [0, 0.05) is 44.0 Å². The number of piperazine rings is 1. The Morgan fingerprint density at radius 1 is 1.14 bits per heavy atom. The van der Waals surface area contributed by atoms with E-state index in [9.17, 15) is 9.59 Å². The zero-order valence-corrected chi connectivity index (χ0v) is 17.4. The minimum absolute atomic E-state index is 0.262. The third-order valence-electron chi connectivity index (χ3n) is 5.16. The molecule has 1 unspecified atom stereocenters. The SMILES string of the molecule is CCOC(=O)C1=C(CN2CCN(C)CC2)NC(=O)NC1c1ccccc1OCC. The zero-order valence-electron chi connectivity index (χ0n) is 17.4. The highest BCUT2D eigenvalue weighted by atomic mass is 16.5. The van der Waals surface area contributed by atoms with Crippen molar-refractivity contribution < 1.29 is 19.1 Å². The van der Waals surface area contributed by atoms with Gasteiger partial charge < -0.3 is 25.0 Å². The number of carbonyl (C=O) groups is 2. The van der Waals surface area contributed by atoms with Gasteiger partial charge in [-0.1, -0.05) is 18.2 Å². The van der Waals surface area contributed by atoms with E-state index in [4.69, 9.17) is 9.47 Å². The molecule has 0 spiro atoms. The Kier molecular flexibility index (Phi) is 7.11. The number of benzene rings is 1. The third kappa shape index (κ3) is 5.07. The van der Waals surface area contributed by atoms with Crippen LogP contribution in [0.5, 0.6) is 5.75 Å². The normalized spacial score (nSPS) is 20.8. The Labute approximate surface area is 171 Å². The Morgan fingerprint density at radius 3 is 2.55 bits per heavy atom. The van der Waals surface area contributed by atoms with E-state index in [2.05, 4.69) is 27.5 Å². The summed E-state index contributed by atoms with van der Waals surface area (Å²) >= 11 is 0. The van der Waals surface area contributed by atoms with Gasteiger partial charge in [0.15, 0.2) is 0 Å². The van der Waals surface area contributed by atoms with Crippen LogP contribution in [0.2, 0.25) is 0 Å². The number of likely N-dealkylation sites (N-methyl/N-ethyl adjacent to an activating group) is 1. The Balaban J connectivity index is 1.99. The maximum atomic E-state index is 12.9. The van der Waals surface area contributed by atoms with Gasteiger partial charge in [-0.05, 0) is 27.0 Å². The van der Waals surface area contributed by atoms with E-state index in [0.29, 0.717) is 30.2 Å². The molecule has 0 aliphatic carbocycles. The summed E-state index contributed by atoms with van der Waals surface area (Å²) < 4.78 is 11.1. The van der Waals surface area contributed by atoms with E-state index in [1.807, 2.05) is 31.2 Å². The van der Waals surface area contributed by atoms with Gasteiger partial charge in [0.25, 0.3) is 0 Å². The predicted molar refractivity (Wildman–Crippen MR) is 110 cm³/mol. The number of para-hydroxylation sites is 1. The van der Waals surface area contributed by atoms with Crippen LogP contribution in [-0.4, -0.2) is 74.8 Å². The maximum Gasteiger partial charge on any atom is 0.338 e. The lowest BCUT2D eigenvalue weighted by molar-refractivity contribution is -0.139. The molecule has 8 heteroatoms. The number of esters is 1. The molecule has 2 N–H and O–H groups in total. The molecule has 0 radical (unpaired) electrons. The summed E-state index contributed by atoms with van der Waals surface area (Å²) in [5, 5.41) is 5.73. The summed E-state index contributed by atoms with van der Waals surface area (Å²) in [5.74, 6) is 0.211. The number of carbonyl (C=O) groups excluding carboxylic acids is 2. The van der Waals surface area contributed by atoms with Crippen molar-refractivity contribution >= 4 is 12.0 Å². The molecule has 2 heterocycles. The van der Waals surface area contributed by atoms with Crippen LogP contribution in [0.4, 0.5) is 4.79 Å². The number of rotatable bonds is 7. The highest BCUT2D eigenvalue weighted by molar-refractivity contribution is 5.95. The van der Waals surface area contributed by atoms with Crippen LogP contribution in [0.25, 0.3) is 0 Å². The van der Waals surface area contributed by atoms with Gasteiger partial charge in [0.2, 0.25) is 0 Å². The van der Waals surface area contributed by atoms with E-state index < -0.39 is 12.0 Å². The van der Waals surface area contributed by atoms with Crippen LogP contribution < -0.4 is 15.4 Å². The molecule has 1 saturated heterocycles. The van der Waals surface area contributed by atoms with Gasteiger partial charge in [-0.2, -0.15) is 0 Å². The molecule has 29 heavy (non-hydrogen) atoms. The van der Waals surface area contributed by atoms with Gasteiger partial charge in [-0.3, -0.25) is 4.90 Å². The molecule has 3 rings (SSSR count). The van der Waals surface area contributed by atoms with Crippen molar-refractivity contribution in [2.75, 3.05) is 53.0 Å². The van der Waals surface area contributed by atoms with Crippen LogP contribution in [0.1, 0.15) is 25.5 Å². The number of nitrogens with one attached hydrogen (secondary N) is 2. The molecule has 1 aromatic carbocycles. The monoisotopic (exact) mass is 402 g/mol. The van der Waals surface area contributed by atoms with Crippen molar-refractivity contribution in [2.45, 2.75) is 19.9 Å². The summed E-state index contributed by atoms with van der Waals surface area (Å²) in [6, 6.07) is 6.49. The molecular formula is C21H30N4O4. The molecule has 1 aromatic rings. The fourth-order valence-corrected chi connectivity index (χ4v) is 3.66. The minimum Gasteiger partial charge on any atom is -0.494 e. The highest BCUT2D eigenvalue weighted by Crippen LogP contribution is 2.34. The summed E-state index contributed by atoms with van der Waals surface area (Å²) in [6.45, 7) is 8.56. The van der Waals surface area contributed by atoms with Crippen molar-refractivity contribution in [1.29, 1.82) is 0 Å². The maximum absolute atomic E-state index is 12.9. The van der Waals surface area contributed by atoms with Crippen molar-refractivity contribution in [3.63, 3.8) is 0 Å². The summed E-state index contributed by atoms with van der Waals surface area (Å²) in [7, 11) is 2.09. The highest BCUT2D eigenvalue weighted by Gasteiger charge is 2.36. The fraction of sp³-hybridized carbons (Fsp3) is 0.524. The van der Waals surface area contributed by atoms with Gasteiger partial charge in [-0.25, -0.2) is 9.59 Å². The Bertz CT molecular complexity index is 772. The molecule has 8 nitrogen and oxygen atoms in total. The number of nitrogens with zero attached hydrogens (tertiary/aromatic N) is 2. The van der Waals surface area contributed by atoms with Crippen molar-refractivity contribution in [2.24, 2.45) is 0 Å². The van der Waals surface area contributed by atoms with Crippen molar-refractivity contribution in [3.05, 3.63) is 41.1 Å². The molecular weight excluding hydrogens is 372 g/mol. The van der Waals surface area contributed by atoms with Crippen LogP contribution in [0.3, 0.4) is 0 Å². The second kappa shape index (κ2) is 9.76. The first kappa shape index (κ1) is 21.1. The van der Waals surface area contributed by atoms with E-state index in [0.717, 1.165) is 31.7 Å². The second-order valence-electron chi connectivity index (χ2n) is 7.19. The quantitative estimate of drug-likeness (QED) is 0.673. The smallest absolute Gasteiger partial charge is 0.338 e. The molecule has 0 aromatic heterocycles. The molecule has 1 atom stereocenters. The minimum atomic E-state index is -0.631. The predicted octanol–water partition coefficient (Wildman–Crippen LogP) is 1.50. The van der Waals surface area contributed by atoms with Gasteiger partial charge in [0.05, 0.1) is 24.8 Å². The topological polar surface area (TPSA) is 83.1 Å². The number of hydrogen-bond donors (Lipinski definition) is 2. The van der Waals surface area contributed by atoms with E-state index in [-0.39, 0.29) is 12.6 Å². The van der Waals surface area contributed by atoms with Gasteiger partial charge >= 0.3 is 12.0 Å². The average Bonchev–Trinajstić information content (AvgIpc) is 2.70. The van der Waals surface area contributed by atoms with Crippen LogP contribution in [-0.2, 0) is 9.53 Å². The molecule has 2 aliphatic rings. The molecule has 0 bridgehead atoms. The van der Waals surface area contributed by atoms with Crippen molar-refractivity contribution in [1.82, 2.24) is 20.4 Å². The lowest BCUT2D eigenvalue weighted by Gasteiger charge is -2.36. The first-order valence-electron chi connectivity index (χ1n) is 10.1. The molecule has 2 aliphatic heterocycles. The fourth-order valence-electron chi connectivity index (χ4n) is 3.66. The van der Waals surface area contributed by atoms with Crippen molar-refractivity contribution in [3.8, 4) is 5.75 Å². The van der Waals surface area contributed by atoms with E-state index in [1.54, 1.807) is 6.92 Å². The second-order valence-corrected chi connectivity index (χ2v) is 7.19. The van der Waals surface area contributed by atoms with Crippen LogP contribution in [0, 0.1) is 0 Å². The zero-order chi connectivity index (χ0) is 20.8. The Morgan fingerprint density at radius 2 is 1.86 bits per heavy atom. The largest absolute Gasteiger partial charge is 0.494 e. The number of hydrogen-bond acceptors (Lipinski definition) is 6. The molecule has 2 amide bonds. The van der Waals surface area contributed by atoms with Crippen LogP contribution in [0.15, 0.2) is 35.5 Å². The standard InChI is InChI=1S/C21H30N4O4/c1-4-28-17-9-7-6-8-15(17)19-18(20(26)29-5-2)16(22-21(27)23-19)14-25-12-10-24(3)11-13-25/h6-9,19H,4-5,10-14H2,1-3H3,(H2,22,23,27). The number of amides is 2. The summed E-state index contributed by atoms with van der Waals surface area (Å²) in [4.78, 5) is 29.9.